The lowest BCUT2D eigenvalue weighted by molar-refractivity contribution is -0.140. The second-order valence-corrected chi connectivity index (χ2v) is 2.45. The number of carbonyl (C=O) groups is 3. The Morgan fingerprint density at radius 3 is 1.65 bits per heavy atom. The molecule has 7 heteroatoms. The number of hydrogen-bond donors (Lipinski definition) is 3. The Balaban J connectivity index is -0.000000180. The van der Waals surface area contributed by atoms with Crippen LogP contribution in [0.1, 0.15) is 13.3 Å². The summed E-state index contributed by atoms with van der Waals surface area (Å²) < 4.78 is 4.14. The molecule has 0 amide bonds. The highest BCUT2D eigenvalue weighted by atomic mass is 16.5. The van der Waals surface area contributed by atoms with Gasteiger partial charge in [-0.1, -0.05) is 6.58 Å². The van der Waals surface area contributed by atoms with Crippen LogP contribution in [0.4, 0.5) is 0 Å². The molecule has 100 valence electrons. The number of carboxylic acids is 1. The lowest BCUT2D eigenvalue weighted by Crippen LogP contribution is -2.00. The molecule has 0 bridgehead atoms. The van der Waals surface area contributed by atoms with Crippen molar-refractivity contribution in [1.82, 2.24) is 0 Å². The molecule has 0 atom stereocenters. The predicted octanol–water partition coefficient (Wildman–Crippen LogP) is -0.634. The topological polar surface area (TPSA) is 121 Å². The smallest absolute Gasteiger partial charge is 0.329 e. The van der Waals surface area contributed by atoms with E-state index in [0.717, 1.165) is 6.08 Å². The highest BCUT2D eigenvalue weighted by Gasteiger charge is 1.98. The summed E-state index contributed by atoms with van der Waals surface area (Å²) in [6.07, 6.45) is 0.750. The van der Waals surface area contributed by atoms with E-state index in [9.17, 15) is 14.4 Å². The zero-order valence-corrected chi connectivity index (χ0v) is 9.88. The number of aliphatic hydroxyl groups is 2. The number of esters is 1. The molecule has 0 aliphatic heterocycles. The molecule has 0 heterocycles. The summed E-state index contributed by atoms with van der Waals surface area (Å²) in [6.45, 7) is 4.15. The summed E-state index contributed by atoms with van der Waals surface area (Å²) in [6, 6.07) is 0. The molecule has 0 aromatic carbocycles. The van der Waals surface area contributed by atoms with Gasteiger partial charge in [-0.15, -0.1) is 0 Å². The van der Waals surface area contributed by atoms with E-state index in [1.165, 1.54) is 14.0 Å². The molecule has 3 N–H and O–H groups in total. The number of Topliss-reactive ketones (excluding diaryl/α,β-unsaturated/α-hetero) is 1. The van der Waals surface area contributed by atoms with Crippen LogP contribution in [0.3, 0.4) is 0 Å². The van der Waals surface area contributed by atoms with Crippen molar-refractivity contribution in [3.05, 3.63) is 12.7 Å². The van der Waals surface area contributed by atoms with Crippen LogP contribution in [-0.4, -0.2) is 53.4 Å². The Morgan fingerprint density at radius 1 is 1.24 bits per heavy atom. The van der Waals surface area contributed by atoms with E-state index in [0.29, 0.717) is 0 Å². The first kappa shape index (κ1) is 20.7. The molecule has 0 aliphatic rings. The van der Waals surface area contributed by atoms with E-state index in [4.69, 9.17) is 15.3 Å². The van der Waals surface area contributed by atoms with Crippen LogP contribution >= 0.6 is 0 Å². The largest absolute Gasteiger partial charge is 0.481 e. The lowest BCUT2D eigenvalue weighted by atomic mass is 10.3. The van der Waals surface area contributed by atoms with E-state index < -0.39 is 11.9 Å². The van der Waals surface area contributed by atoms with E-state index in [-0.39, 0.29) is 25.4 Å². The van der Waals surface area contributed by atoms with Crippen molar-refractivity contribution in [2.24, 2.45) is 0 Å². The van der Waals surface area contributed by atoms with Gasteiger partial charge in [-0.2, -0.15) is 0 Å². The average Bonchev–Trinajstić information content (AvgIpc) is 2.27. The van der Waals surface area contributed by atoms with Gasteiger partial charge in [0.2, 0.25) is 0 Å². The molecular formula is C10H18O7. The highest BCUT2D eigenvalue weighted by molar-refractivity contribution is 5.93. The van der Waals surface area contributed by atoms with E-state index in [2.05, 4.69) is 11.3 Å². The van der Waals surface area contributed by atoms with Crippen molar-refractivity contribution in [3.8, 4) is 0 Å². The average molecular weight is 250 g/mol. The lowest BCUT2D eigenvalue weighted by Gasteiger charge is -1.83. The number of aliphatic carboxylic acids is 1. The molecule has 0 aromatic rings. The number of carbonyl (C=O) groups excluding carboxylic acids is 2. The van der Waals surface area contributed by atoms with Crippen LogP contribution in [0.5, 0.6) is 0 Å². The number of methoxy groups -OCH3 is 1. The maximum atomic E-state index is 9.87. The van der Waals surface area contributed by atoms with Gasteiger partial charge in [0.25, 0.3) is 0 Å². The fourth-order valence-electron chi connectivity index (χ4n) is 0.296. The summed E-state index contributed by atoms with van der Waals surface area (Å²) in [7, 11) is 1.31. The first-order valence-electron chi connectivity index (χ1n) is 4.48. The Bertz CT molecular complexity index is 221. The molecule has 0 unspecified atom stereocenters. The van der Waals surface area contributed by atoms with Gasteiger partial charge in [-0.3, -0.25) is 9.59 Å². The Kier molecular flexibility index (Phi) is 20.3. The van der Waals surface area contributed by atoms with Crippen LogP contribution in [0.25, 0.3) is 0 Å². The van der Waals surface area contributed by atoms with Gasteiger partial charge in [0.05, 0.1) is 20.3 Å². The summed E-state index contributed by atoms with van der Waals surface area (Å²) in [5.41, 5.74) is 0. The van der Waals surface area contributed by atoms with Gasteiger partial charge >= 0.3 is 11.9 Å². The van der Waals surface area contributed by atoms with Crippen LogP contribution in [0, 0.1) is 0 Å². The van der Waals surface area contributed by atoms with Gasteiger partial charge in [0, 0.05) is 6.08 Å². The van der Waals surface area contributed by atoms with Crippen molar-refractivity contribution in [2.45, 2.75) is 13.3 Å². The molecule has 7 nitrogen and oxygen atoms in total. The Hall–Kier alpha value is -1.73. The third-order valence-electron chi connectivity index (χ3n) is 0.868. The number of carboxylic acid groups (broad SMARTS) is 1. The first-order valence-corrected chi connectivity index (χ1v) is 4.48. The third-order valence-corrected chi connectivity index (χ3v) is 0.868. The van der Waals surface area contributed by atoms with Crippen molar-refractivity contribution in [2.75, 3.05) is 20.3 Å². The van der Waals surface area contributed by atoms with Crippen LogP contribution in [-0.2, 0) is 19.1 Å². The fraction of sp³-hybridized carbons (Fsp3) is 0.500. The van der Waals surface area contributed by atoms with Crippen LogP contribution in [0.2, 0.25) is 0 Å². The third kappa shape index (κ3) is 40.6. The van der Waals surface area contributed by atoms with E-state index >= 15 is 0 Å². The molecule has 0 aliphatic carbocycles. The molecular weight excluding hydrogens is 232 g/mol. The molecule has 0 fully saturated rings. The maximum absolute atomic E-state index is 9.87. The standard InChI is InChI=1S/C4H6O3.C4H6O2.C2H6O2/c1-3(5)2-4(6)7;1-3-4(5)6-2;3-1-2-4/h2H2,1H3,(H,6,7);3H,1H2,2H3;3-4H,1-2H2. The van der Waals surface area contributed by atoms with Crippen LogP contribution < -0.4 is 0 Å². The second kappa shape index (κ2) is 16.7. The molecule has 0 saturated carbocycles. The second-order valence-electron chi connectivity index (χ2n) is 2.45. The zero-order chi connectivity index (χ0) is 14.3. The van der Waals surface area contributed by atoms with Crippen molar-refractivity contribution < 1.29 is 34.4 Å². The maximum Gasteiger partial charge on any atom is 0.329 e. The Labute approximate surface area is 99.3 Å². The van der Waals surface area contributed by atoms with E-state index in [1.807, 2.05) is 0 Å². The highest BCUT2D eigenvalue weighted by Crippen LogP contribution is 1.77. The normalized spacial score (nSPS) is 7.53. The van der Waals surface area contributed by atoms with Crippen molar-refractivity contribution >= 4 is 17.7 Å². The summed E-state index contributed by atoms with van der Waals surface area (Å²) in [4.78, 5) is 29.3. The minimum atomic E-state index is -1.06. The number of aliphatic hydroxyl groups excluding tert-OH is 2. The molecule has 17 heavy (non-hydrogen) atoms. The zero-order valence-electron chi connectivity index (χ0n) is 9.88. The van der Waals surface area contributed by atoms with Gasteiger partial charge in [-0.25, -0.2) is 4.79 Å². The minimum Gasteiger partial charge on any atom is -0.481 e. The number of ketones is 1. The van der Waals surface area contributed by atoms with Gasteiger partial charge in [0.1, 0.15) is 12.2 Å². The van der Waals surface area contributed by atoms with Gasteiger partial charge in [0.15, 0.2) is 0 Å². The molecule has 0 spiro atoms. The minimum absolute atomic E-state index is 0.125. The van der Waals surface area contributed by atoms with Gasteiger partial charge in [-0.05, 0) is 6.92 Å². The van der Waals surface area contributed by atoms with Crippen LogP contribution in [0.15, 0.2) is 12.7 Å². The monoisotopic (exact) mass is 250 g/mol. The van der Waals surface area contributed by atoms with Crippen molar-refractivity contribution in [3.63, 3.8) is 0 Å². The summed E-state index contributed by atoms with van der Waals surface area (Å²) in [5, 5.41) is 23.1. The molecule has 0 rings (SSSR count). The molecule has 0 saturated heterocycles. The van der Waals surface area contributed by atoms with Crippen molar-refractivity contribution in [1.29, 1.82) is 0 Å². The number of ether oxygens (including phenoxy) is 1. The predicted molar refractivity (Wildman–Crippen MR) is 59.3 cm³/mol. The summed E-state index contributed by atoms with van der Waals surface area (Å²) >= 11 is 0. The SMILES string of the molecule is C=CC(=O)OC.CC(=O)CC(=O)O.OCCO. The Morgan fingerprint density at radius 2 is 1.65 bits per heavy atom. The summed E-state index contributed by atoms with van der Waals surface area (Å²) in [5.74, 6) is -1.77. The van der Waals surface area contributed by atoms with E-state index in [1.54, 1.807) is 0 Å². The number of hydrogen-bond acceptors (Lipinski definition) is 6. The first-order chi connectivity index (χ1) is 7.85. The molecule has 0 aromatic heterocycles. The number of rotatable bonds is 4. The fourth-order valence-corrected chi connectivity index (χ4v) is 0.296. The quantitative estimate of drug-likeness (QED) is 0.345. The molecule has 0 radical (unpaired) electrons. The van der Waals surface area contributed by atoms with Gasteiger partial charge < -0.3 is 20.1 Å².